The Bertz CT molecular complexity index is 1930. The summed E-state index contributed by atoms with van der Waals surface area (Å²) in [5, 5.41) is 19.5. The second-order valence-corrected chi connectivity index (χ2v) is 13.7. The highest BCUT2D eigenvalue weighted by Crippen LogP contribution is 2.64. The van der Waals surface area contributed by atoms with Gasteiger partial charge in [0.05, 0.1) is 24.4 Å². The molecule has 4 aliphatic rings. The fraction of sp³-hybridized carbons (Fsp3) is 0.341. The SMILES string of the molecule is COc1cc(O)ccc1C1C2=CCC3C(=O)N(CCCCCC(=O)O)C(=O)C3C2CC2C(=O)C(c3ccccc3)=CC(=O)C21c1ccccc1. The number of amides is 2. The lowest BCUT2D eigenvalue weighted by atomic mass is 9.44. The summed E-state index contributed by atoms with van der Waals surface area (Å²) in [6.07, 6.45) is 5.53. The summed E-state index contributed by atoms with van der Waals surface area (Å²) >= 11 is 0. The molecule has 2 N–H and O–H groups in total. The van der Waals surface area contributed by atoms with E-state index in [2.05, 4.69) is 0 Å². The number of methoxy groups -OCH3 is 1. The van der Waals surface area contributed by atoms with E-state index in [0.717, 1.165) is 5.57 Å². The van der Waals surface area contributed by atoms with Crippen LogP contribution in [-0.4, -0.2) is 58.1 Å². The summed E-state index contributed by atoms with van der Waals surface area (Å²) < 4.78 is 5.83. The van der Waals surface area contributed by atoms with E-state index in [-0.39, 0.29) is 48.5 Å². The van der Waals surface area contributed by atoms with Crippen LogP contribution in [0.1, 0.15) is 61.1 Å². The van der Waals surface area contributed by atoms with Gasteiger partial charge in [0.15, 0.2) is 11.6 Å². The fourth-order valence-electron chi connectivity index (χ4n) is 9.17. The molecular weight excluding hydrogens is 634 g/mol. The summed E-state index contributed by atoms with van der Waals surface area (Å²) in [5.74, 6) is -4.97. The molecule has 9 heteroatoms. The van der Waals surface area contributed by atoms with Crippen molar-refractivity contribution in [3.8, 4) is 11.5 Å². The number of hydrogen-bond acceptors (Lipinski definition) is 7. The Morgan fingerprint density at radius 3 is 2.32 bits per heavy atom. The van der Waals surface area contributed by atoms with Crippen LogP contribution in [0.15, 0.2) is 96.6 Å². The topological polar surface area (TPSA) is 138 Å². The Morgan fingerprint density at radius 2 is 1.62 bits per heavy atom. The van der Waals surface area contributed by atoms with Crippen molar-refractivity contribution in [3.63, 3.8) is 0 Å². The zero-order valence-electron chi connectivity index (χ0n) is 27.8. The number of hydrogen-bond donors (Lipinski definition) is 2. The molecule has 1 aliphatic heterocycles. The van der Waals surface area contributed by atoms with Gasteiger partial charge < -0.3 is 14.9 Å². The van der Waals surface area contributed by atoms with Crippen LogP contribution >= 0.6 is 0 Å². The van der Waals surface area contributed by atoms with E-state index in [9.17, 15) is 24.3 Å². The van der Waals surface area contributed by atoms with Crippen molar-refractivity contribution < 1.29 is 38.9 Å². The zero-order chi connectivity index (χ0) is 35.2. The van der Waals surface area contributed by atoms with Gasteiger partial charge in [-0.3, -0.25) is 28.9 Å². The van der Waals surface area contributed by atoms with Gasteiger partial charge >= 0.3 is 5.97 Å². The first-order valence-electron chi connectivity index (χ1n) is 17.2. The van der Waals surface area contributed by atoms with E-state index in [4.69, 9.17) is 9.84 Å². The van der Waals surface area contributed by atoms with Gasteiger partial charge in [-0.05, 0) is 54.9 Å². The number of carbonyl (C=O) groups is 5. The molecule has 6 atom stereocenters. The predicted octanol–water partition coefficient (Wildman–Crippen LogP) is 5.87. The summed E-state index contributed by atoms with van der Waals surface area (Å²) in [7, 11) is 1.49. The minimum Gasteiger partial charge on any atom is -0.508 e. The Balaban J connectivity index is 1.39. The van der Waals surface area contributed by atoms with Crippen LogP contribution in [0.4, 0.5) is 0 Å². The maximum Gasteiger partial charge on any atom is 0.303 e. The molecule has 1 saturated carbocycles. The Kier molecular flexibility index (Phi) is 8.76. The number of phenols is 1. The van der Waals surface area contributed by atoms with Crippen LogP contribution in [0.2, 0.25) is 0 Å². The van der Waals surface area contributed by atoms with Crippen LogP contribution in [0, 0.1) is 23.7 Å². The molecule has 3 aliphatic carbocycles. The lowest BCUT2D eigenvalue weighted by Crippen LogP contribution is -2.58. The number of benzene rings is 3. The van der Waals surface area contributed by atoms with Gasteiger partial charge in [0.25, 0.3) is 0 Å². The molecule has 6 unspecified atom stereocenters. The molecule has 0 bridgehead atoms. The number of ether oxygens (including phenoxy) is 1. The van der Waals surface area contributed by atoms with Gasteiger partial charge in [0.1, 0.15) is 11.5 Å². The number of carbonyl (C=O) groups excluding carboxylic acids is 4. The van der Waals surface area contributed by atoms with Crippen LogP contribution in [-0.2, 0) is 29.4 Å². The lowest BCUT2D eigenvalue weighted by molar-refractivity contribution is -0.141. The van der Waals surface area contributed by atoms with E-state index in [0.29, 0.717) is 53.7 Å². The number of ketones is 2. The van der Waals surface area contributed by atoms with Gasteiger partial charge in [0.2, 0.25) is 11.8 Å². The largest absolute Gasteiger partial charge is 0.508 e. The van der Waals surface area contributed by atoms with Crippen LogP contribution in [0.5, 0.6) is 11.5 Å². The number of aromatic hydroxyl groups is 1. The third-order valence-electron chi connectivity index (χ3n) is 11.3. The third kappa shape index (κ3) is 5.27. The minimum atomic E-state index is -1.40. The third-order valence-corrected chi connectivity index (χ3v) is 11.3. The number of rotatable bonds is 10. The Hall–Kier alpha value is -5.31. The maximum absolute atomic E-state index is 15.1. The summed E-state index contributed by atoms with van der Waals surface area (Å²) in [6.45, 7) is 0.206. The molecule has 0 spiro atoms. The summed E-state index contributed by atoms with van der Waals surface area (Å²) in [4.78, 5) is 70.5. The van der Waals surface area contributed by atoms with Crippen LogP contribution < -0.4 is 4.74 Å². The number of Topliss-reactive ketones (excluding diaryl/α,β-unsaturated/α-hetero) is 1. The number of carboxylic acids is 1. The quantitative estimate of drug-likeness (QED) is 0.155. The average molecular weight is 674 g/mol. The maximum atomic E-state index is 15.1. The molecule has 9 nitrogen and oxygen atoms in total. The van der Waals surface area contributed by atoms with Crippen LogP contribution in [0.3, 0.4) is 0 Å². The normalized spacial score (nSPS) is 27.2. The highest BCUT2D eigenvalue weighted by Gasteiger charge is 2.66. The molecule has 256 valence electrons. The number of fused-ring (bicyclic) bond motifs is 4. The number of allylic oxidation sites excluding steroid dienone is 4. The number of carboxylic acid groups (broad SMARTS) is 1. The second kappa shape index (κ2) is 13.2. The van der Waals surface area contributed by atoms with Crippen molar-refractivity contribution in [3.05, 3.63) is 113 Å². The smallest absolute Gasteiger partial charge is 0.303 e. The van der Waals surface area contributed by atoms with Crippen molar-refractivity contribution in [2.75, 3.05) is 13.7 Å². The highest BCUT2D eigenvalue weighted by molar-refractivity contribution is 6.31. The molecule has 0 radical (unpaired) electrons. The van der Waals surface area contributed by atoms with E-state index in [1.807, 2.05) is 66.7 Å². The minimum absolute atomic E-state index is 0.0196. The van der Waals surface area contributed by atoms with Gasteiger partial charge in [-0.1, -0.05) is 84.8 Å². The number of phenolic OH excluding ortho intramolecular Hbond substituents is 1. The fourth-order valence-corrected chi connectivity index (χ4v) is 9.17. The molecule has 7 rings (SSSR count). The van der Waals surface area contributed by atoms with E-state index in [1.54, 1.807) is 6.07 Å². The number of unbranched alkanes of at least 4 members (excludes halogenated alkanes) is 2. The first-order chi connectivity index (χ1) is 24.2. The first-order valence-corrected chi connectivity index (χ1v) is 17.2. The second-order valence-electron chi connectivity index (χ2n) is 13.7. The molecule has 0 aromatic heterocycles. The predicted molar refractivity (Wildman–Crippen MR) is 184 cm³/mol. The van der Waals surface area contributed by atoms with E-state index < -0.39 is 41.0 Å². The zero-order valence-corrected chi connectivity index (χ0v) is 27.8. The first kappa shape index (κ1) is 33.2. The van der Waals surface area contributed by atoms with E-state index in [1.165, 1.54) is 30.2 Å². The van der Waals surface area contributed by atoms with Crippen molar-refractivity contribution in [1.82, 2.24) is 4.90 Å². The molecule has 1 saturated heterocycles. The average Bonchev–Trinajstić information content (AvgIpc) is 3.37. The standard InChI is InChI=1S/C41H39NO8/c1-50-33-21-26(43)16-17-28(33)37-27-18-19-29-36(40(49)42(39(29)48)20-10-4-9-15-35(45)46)31(27)22-32-38(47)30(24-11-5-2-6-12-24)23-34(44)41(32,37)25-13-7-3-8-14-25/h2-3,5-8,11-14,16-18,21,23,29,31-32,36-37,43H,4,9-10,15,19-20,22H2,1H3,(H,45,46). The lowest BCUT2D eigenvalue weighted by Gasteiger charge is -2.55. The van der Waals surface area contributed by atoms with Crippen molar-refractivity contribution in [1.29, 1.82) is 0 Å². The molecule has 1 heterocycles. The van der Waals surface area contributed by atoms with Gasteiger partial charge in [-0.25, -0.2) is 0 Å². The highest BCUT2D eigenvalue weighted by atomic mass is 16.5. The summed E-state index contributed by atoms with van der Waals surface area (Å²) in [5.41, 5.74) is 1.65. The summed E-state index contributed by atoms with van der Waals surface area (Å²) in [6, 6.07) is 23.2. The number of likely N-dealkylation sites (tertiary alicyclic amines) is 1. The molecule has 2 fully saturated rings. The van der Waals surface area contributed by atoms with Crippen LogP contribution in [0.25, 0.3) is 5.57 Å². The molecular formula is C41H39NO8. The molecule has 3 aromatic carbocycles. The number of nitrogens with zero attached hydrogens (tertiary/aromatic N) is 1. The van der Waals surface area contributed by atoms with Crippen molar-refractivity contribution in [2.45, 2.75) is 49.9 Å². The molecule has 3 aromatic rings. The Labute approximate surface area is 290 Å². The number of imide groups is 1. The van der Waals surface area contributed by atoms with Crippen molar-refractivity contribution in [2.24, 2.45) is 23.7 Å². The van der Waals surface area contributed by atoms with Gasteiger partial charge in [-0.2, -0.15) is 0 Å². The number of aliphatic carboxylic acids is 1. The van der Waals surface area contributed by atoms with Gasteiger partial charge in [0, 0.05) is 42.0 Å². The molecule has 50 heavy (non-hydrogen) atoms. The van der Waals surface area contributed by atoms with E-state index >= 15 is 4.79 Å². The van der Waals surface area contributed by atoms with Gasteiger partial charge in [-0.15, -0.1) is 0 Å². The molecule has 2 amide bonds. The monoisotopic (exact) mass is 673 g/mol. The Morgan fingerprint density at radius 1 is 0.900 bits per heavy atom. The van der Waals surface area contributed by atoms with Crippen molar-refractivity contribution >= 4 is 34.9 Å².